The SMILES string of the molecule is CC/C=C(\Oc1ccccc1)O[Si](C)(C)C. The first-order valence-electron chi connectivity index (χ1n) is 5.63. The third kappa shape index (κ3) is 5.03. The third-order valence-electron chi connectivity index (χ3n) is 1.74. The third-order valence-corrected chi connectivity index (χ3v) is 2.55. The van der Waals surface area contributed by atoms with Crippen molar-refractivity contribution in [3.8, 4) is 5.75 Å². The fourth-order valence-corrected chi connectivity index (χ4v) is 1.91. The summed E-state index contributed by atoms with van der Waals surface area (Å²) in [4.78, 5) is 0. The summed E-state index contributed by atoms with van der Waals surface area (Å²) in [5.41, 5.74) is 0. The molecule has 0 aromatic heterocycles. The molecule has 0 heterocycles. The molecule has 0 aliphatic rings. The van der Waals surface area contributed by atoms with Crippen LogP contribution in [0.1, 0.15) is 13.3 Å². The van der Waals surface area contributed by atoms with Crippen LogP contribution in [0.2, 0.25) is 19.6 Å². The first kappa shape index (κ1) is 12.8. The van der Waals surface area contributed by atoms with Crippen molar-refractivity contribution in [2.45, 2.75) is 33.0 Å². The van der Waals surface area contributed by atoms with Crippen molar-refractivity contribution in [3.05, 3.63) is 42.4 Å². The lowest BCUT2D eigenvalue weighted by molar-refractivity contribution is 0.219. The van der Waals surface area contributed by atoms with E-state index in [1.165, 1.54) is 0 Å². The summed E-state index contributed by atoms with van der Waals surface area (Å²) >= 11 is 0. The number of para-hydroxylation sites is 1. The quantitative estimate of drug-likeness (QED) is 0.564. The summed E-state index contributed by atoms with van der Waals surface area (Å²) in [6.45, 7) is 8.50. The Morgan fingerprint density at radius 3 is 2.31 bits per heavy atom. The summed E-state index contributed by atoms with van der Waals surface area (Å²) < 4.78 is 11.6. The van der Waals surface area contributed by atoms with Gasteiger partial charge in [-0.15, -0.1) is 0 Å². The maximum Gasteiger partial charge on any atom is 0.266 e. The van der Waals surface area contributed by atoms with Crippen LogP contribution < -0.4 is 4.74 Å². The predicted octanol–water partition coefficient (Wildman–Crippen LogP) is 4.17. The molecule has 1 aromatic rings. The summed E-state index contributed by atoms with van der Waals surface area (Å²) in [5, 5.41) is 0. The molecule has 0 spiro atoms. The van der Waals surface area contributed by atoms with Gasteiger partial charge in [0.1, 0.15) is 5.75 Å². The number of allylic oxidation sites excluding steroid dienone is 1. The predicted molar refractivity (Wildman–Crippen MR) is 69.9 cm³/mol. The van der Waals surface area contributed by atoms with Gasteiger partial charge in [0.2, 0.25) is 8.32 Å². The minimum Gasteiger partial charge on any atom is -0.520 e. The van der Waals surface area contributed by atoms with Crippen LogP contribution >= 0.6 is 0 Å². The summed E-state index contributed by atoms with van der Waals surface area (Å²) in [6.07, 6.45) is 2.89. The number of hydrogen-bond donors (Lipinski definition) is 0. The molecular weight excluding hydrogens is 216 g/mol. The fourth-order valence-electron chi connectivity index (χ4n) is 1.18. The molecule has 1 aromatic carbocycles. The Labute approximate surface area is 99.0 Å². The number of ether oxygens (including phenoxy) is 1. The molecule has 16 heavy (non-hydrogen) atoms. The van der Waals surface area contributed by atoms with Gasteiger partial charge < -0.3 is 9.16 Å². The maximum absolute atomic E-state index is 5.86. The summed E-state index contributed by atoms with van der Waals surface area (Å²) in [6, 6.07) is 9.73. The Kier molecular flexibility index (Phi) is 4.62. The Balaban J connectivity index is 2.70. The van der Waals surface area contributed by atoms with E-state index in [-0.39, 0.29) is 0 Å². The van der Waals surface area contributed by atoms with E-state index in [1.807, 2.05) is 36.4 Å². The molecule has 88 valence electrons. The molecule has 0 bridgehead atoms. The molecule has 0 atom stereocenters. The van der Waals surface area contributed by atoms with Gasteiger partial charge in [-0.1, -0.05) is 25.1 Å². The van der Waals surface area contributed by atoms with Crippen LogP contribution in [0.15, 0.2) is 42.4 Å². The highest BCUT2D eigenvalue weighted by Crippen LogP contribution is 2.17. The zero-order valence-electron chi connectivity index (χ0n) is 10.5. The molecule has 0 N–H and O–H groups in total. The van der Waals surface area contributed by atoms with E-state index >= 15 is 0 Å². The average Bonchev–Trinajstić information content (AvgIpc) is 2.17. The van der Waals surface area contributed by atoms with Gasteiger partial charge in [0.25, 0.3) is 5.95 Å². The first-order chi connectivity index (χ1) is 7.51. The lowest BCUT2D eigenvalue weighted by Crippen LogP contribution is -2.26. The fraction of sp³-hybridized carbons (Fsp3) is 0.385. The Morgan fingerprint density at radius 1 is 1.19 bits per heavy atom. The highest BCUT2D eigenvalue weighted by atomic mass is 28.4. The van der Waals surface area contributed by atoms with Gasteiger partial charge in [-0.05, 0) is 44.3 Å². The van der Waals surface area contributed by atoms with Gasteiger partial charge in [0.15, 0.2) is 0 Å². The van der Waals surface area contributed by atoms with E-state index in [9.17, 15) is 0 Å². The van der Waals surface area contributed by atoms with Crippen molar-refractivity contribution in [1.29, 1.82) is 0 Å². The zero-order chi connectivity index (χ0) is 12.0. The Morgan fingerprint density at radius 2 is 1.81 bits per heavy atom. The van der Waals surface area contributed by atoms with Crippen LogP contribution in [0.5, 0.6) is 5.75 Å². The van der Waals surface area contributed by atoms with Crippen molar-refractivity contribution in [3.63, 3.8) is 0 Å². The molecule has 0 unspecified atom stereocenters. The van der Waals surface area contributed by atoms with Crippen LogP contribution in [0.4, 0.5) is 0 Å². The van der Waals surface area contributed by atoms with Crippen LogP contribution in [-0.4, -0.2) is 8.32 Å². The average molecular weight is 236 g/mol. The molecule has 0 saturated heterocycles. The van der Waals surface area contributed by atoms with Crippen molar-refractivity contribution in [1.82, 2.24) is 0 Å². The summed E-state index contributed by atoms with van der Waals surface area (Å²) in [7, 11) is -1.60. The van der Waals surface area contributed by atoms with E-state index in [0.29, 0.717) is 5.95 Å². The number of hydrogen-bond acceptors (Lipinski definition) is 2. The second-order valence-electron chi connectivity index (χ2n) is 4.56. The van der Waals surface area contributed by atoms with E-state index in [4.69, 9.17) is 9.16 Å². The molecule has 0 fully saturated rings. The van der Waals surface area contributed by atoms with Crippen molar-refractivity contribution in [2.75, 3.05) is 0 Å². The highest BCUT2D eigenvalue weighted by Gasteiger charge is 2.18. The lowest BCUT2D eigenvalue weighted by Gasteiger charge is -2.21. The van der Waals surface area contributed by atoms with Gasteiger partial charge in [0, 0.05) is 0 Å². The van der Waals surface area contributed by atoms with E-state index in [2.05, 4.69) is 26.6 Å². The van der Waals surface area contributed by atoms with Crippen molar-refractivity contribution >= 4 is 8.32 Å². The first-order valence-corrected chi connectivity index (χ1v) is 9.04. The summed E-state index contributed by atoms with van der Waals surface area (Å²) in [5.74, 6) is 1.45. The molecule has 0 aliphatic carbocycles. The standard InChI is InChI=1S/C13H20O2Si/c1-5-9-13(15-16(2,3)4)14-12-10-7-6-8-11-12/h6-11H,5H2,1-4H3/b13-9+. The largest absolute Gasteiger partial charge is 0.520 e. The monoisotopic (exact) mass is 236 g/mol. The van der Waals surface area contributed by atoms with Gasteiger partial charge in [-0.3, -0.25) is 0 Å². The van der Waals surface area contributed by atoms with Gasteiger partial charge in [-0.2, -0.15) is 0 Å². The minimum absolute atomic E-state index is 0.632. The van der Waals surface area contributed by atoms with Crippen molar-refractivity contribution in [2.24, 2.45) is 0 Å². The van der Waals surface area contributed by atoms with E-state index in [0.717, 1.165) is 12.2 Å². The lowest BCUT2D eigenvalue weighted by atomic mass is 10.3. The second-order valence-corrected chi connectivity index (χ2v) is 8.99. The molecule has 1 rings (SSSR count). The molecule has 3 heteroatoms. The van der Waals surface area contributed by atoms with Crippen LogP contribution in [0.3, 0.4) is 0 Å². The maximum atomic E-state index is 5.86. The second kappa shape index (κ2) is 5.75. The zero-order valence-corrected chi connectivity index (χ0v) is 11.5. The normalized spacial score (nSPS) is 12.4. The molecule has 0 radical (unpaired) electrons. The number of benzene rings is 1. The molecule has 2 nitrogen and oxygen atoms in total. The molecular formula is C13H20O2Si. The highest BCUT2D eigenvalue weighted by molar-refractivity contribution is 6.70. The molecule has 0 amide bonds. The Bertz CT molecular complexity index is 339. The van der Waals surface area contributed by atoms with Crippen LogP contribution in [0.25, 0.3) is 0 Å². The topological polar surface area (TPSA) is 18.5 Å². The van der Waals surface area contributed by atoms with Gasteiger partial charge in [-0.25, -0.2) is 0 Å². The number of rotatable bonds is 5. The van der Waals surface area contributed by atoms with Gasteiger partial charge >= 0.3 is 0 Å². The molecule has 0 aliphatic heterocycles. The van der Waals surface area contributed by atoms with Crippen LogP contribution in [0, 0.1) is 0 Å². The van der Waals surface area contributed by atoms with E-state index < -0.39 is 8.32 Å². The van der Waals surface area contributed by atoms with E-state index in [1.54, 1.807) is 0 Å². The minimum atomic E-state index is -1.60. The van der Waals surface area contributed by atoms with Gasteiger partial charge in [0.05, 0.1) is 0 Å². The smallest absolute Gasteiger partial charge is 0.266 e. The van der Waals surface area contributed by atoms with Crippen molar-refractivity contribution < 1.29 is 9.16 Å². The Hall–Kier alpha value is -1.22. The molecule has 0 saturated carbocycles. The van der Waals surface area contributed by atoms with Crippen LogP contribution in [-0.2, 0) is 4.43 Å².